The SMILES string of the molecule is CCCCOc1ccc(C(=O)NC(=S)NNC(=O)c2ccccc2OC)cc1Br. The summed E-state index contributed by atoms with van der Waals surface area (Å²) in [5.41, 5.74) is 5.65. The van der Waals surface area contributed by atoms with E-state index in [1.165, 1.54) is 7.11 Å². The molecule has 0 aliphatic rings. The molecule has 0 aliphatic heterocycles. The number of amides is 2. The summed E-state index contributed by atoms with van der Waals surface area (Å²) in [4.78, 5) is 24.6. The summed E-state index contributed by atoms with van der Waals surface area (Å²) in [5, 5.41) is 2.46. The maximum absolute atomic E-state index is 12.4. The van der Waals surface area contributed by atoms with E-state index in [2.05, 4.69) is 39.0 Å². The predicted molar refractivity (Wildman–Crippen MR) is 118 cm³/mol. The third kappa shape index (κ3) is 6.72. The summed E-state index contributed by atoms with van der Waals surface area (Å²) < 4.78 is 11.5. The number of hydrogen-bond donors (Lipinski definition) is 3. The first-order chi connectivity index (χ1) is 14.0. The van der Waals surface area contributed by atoms with Gasteiger partial charge in [0.15, 0.2) is 5.11 Å². The zero-order valence-corrected chi connectivity index (χ0v) is 18.5. The molecule has 154 valence electrons. The number of hydrazine groups is 1. The van der Waals surface area contributed by atoms with Gasteiger partial charge in [-0.25, -0.2) is 0 Å². The Bertz CT molecular complexity index is 892. The van der Waals surface area contributed by atoms with Crippen LogP contribution >= 0.6 is 28.1 Å². The van der Waals surface area contributed by atoms with Crippen molar-refractivity contribution in [1.29, 1.82) is 0 Å². The van der Waals surface area contributed by atoms with Crippen LogP contribution in [0, 0.1) is 0 Å². The van der Waals surface area contributed by atoms with E-state index in [-0.39, 0.29) is 5.11 Å². The van der Waals surface area contributed by atoms with Gasteiger partial charge in [-0.3, -0.25) is 25.8 Å². The molecule has 0 bridgehead atoms. The number of carbonyl (C=O) groups excluding carboxylic acids is 2. The highest BCUT2D eigenvalue weighted by Crippen LogP contribution is 2.26. The fraction of sp³-hybridized carbons (Fsp3) is 0.250. The minimum Gasteiger partial charge on any atom is -0.496 e. The van der Waals surface area contributed by atoms with Gasteiger partial charge in [0.2, 0.25) is 0 Å². The molecule has 0 spiro atoms. The summed E-state index contributed by atoms with van der Waals surface area (Å²) in [6.45, 7) is 2.70. The molecular weight excluding hydrogens is 458 g/mol. The van der Waals surface area contributed by atoms with Crippen molar-refractivity contribution < 1.29 is 19.1 Å². The summed E-state index contributed by atoms with van der Waals surface area (Å²) in [6, 6.07) is 11.7. The lowest BCUT2D eigenvalue weighted by molar-refractivity contribution is 0.0932. The average molecular weight is 480 g/mol. The van der Waals surface area contributed by atoms with Crippen molar-refractivity contribution in [2.45, 2.75) is 19.8 Å². The van der Waals surface area contributed by atoms with Crippen molar-refractivity contribution in [1.82, 2.24) is 16.2 Å². The van der Waals surface area contributed by atoms with Gasteiger partial charge in [-0.1, -0.05) is 25.5 Å². The summed E-state index contributed by atoms with van der Waals surface area (Å²) in [6.07, 6.45) is 1.99. The van der Waals surface area contributed by atoms with Crippen LogP contribution in [0.4, 0.5) is 0 Å². The molecule has 0 radical (unpaired) electrons. The van der Waals surface area contributed by atoms with E-state index >= 15 is 0 Å². The molecule has 0 fully saturated rings. The number of methoxy groups -OCH3 is 1. The maximum Gasteiger partial charge on any atom is 0.273 e. The molecule has 2 aromatic carbocycles. The number of benzene rings is 2. The van der Waals surface area contributed by atoms with Crippen LogP contribution in [0.2, 0.25) is 0 Å². The lowest BCUT2D eigenvalue weighted by Crippen LogP contribution is -2.48. The maximum atomic E-state index is 12.4. The second kappa shape index (κ2) is 11.4. The summed E-state index contributed by atoms with van der Waals surface area (Å²) in [5.74, 6) is 0.220. The van der Waals surface area contributed by atoms with E-state index in [4.69, 9.17) is 21.7 Å². The second-order valence-corrected chi connectivity index (χ2v) is 7.17. The third-order valence-electron chi connectivity index (χ3n) is 3.82. The topological polar surface area (TPSA) is 88.7 Å². The van der Waals surface area contributed by atoms with Gasteiger partial charge in [-0.2, -0.15) is 0 Å². The van der Waals surface area contributed by atoms with Crippen molar-refractivity contribution >= 4 is 45.1 Å². The van der Waals surface area contributed by atoms with E-state index in [1.54, 1.807) is 42.5 Å². The zero-order chi connectivity index (χ0) is 21.2. The van der Waals surface area contributed by atoms with Crippen LogP contribution in [0.25, 0.3) is 0 Å². The van der Waals surface area contributed by atoms with Crippen LogP contribution in [0.1, 0.15) is 40.5 Å². The van der Waals surface area contributed by atoms with Crippen LogP contribution in [0.5, 0.6) is 11.5 Å². The van der Waals surface area contributed by atoms with Crippen molar-refractivity contribution in [3.05, 3.63) is 58.1 Å². The number of rotatable bonds is 7. The van der Waals surface area contributed by atoms with E-state index < -0.39 is 11.8 Å². The Balaban J connectivity index is 1.89. The molecule has 0 aliphatic carbocycles. The van der Waals surface area contributed by atoms with Crippen molar-refractivity contribution in [3.63, 3.8) is 0 Å². The number of carbonyl (C=O) groups is 2. The van der Waals surface area contributed by atoms with Gasteiger partial charge < -0.3 is 9.47 Å². The molecule has 7 nitrogen and oxygen atoms in total. The highest BCUT2D eigenvalue weighted by atomic mass is 79.9. The standard InChI is InChI=1S/C20H22BrN3O4S/c1-3-4-11-28-17-10-9-13(12-15(17)21)18(25)22-20(29)24-23-19(26)14-7-5-6-8-16(14)27-2/h5-10,12H,3-4,11H2,1-2H3,(H,23,26)(H2,22,24,25,29). The Morgan fingerprint density at radius 1 is 1.07 bits per heavy atom. The first-order valence-corrected chi connectivity index (χ1v) is 10.1. The monoisotopic (exact) mass is 479 g/mol. The number of halogens is 1. The van der Waals surface area contributed by atoms with Gasteiger partial charge in [-0.05, 0) is 64.9 Å². The van der Waals surface area contributed by atoms with Gasteiger partial charge in [0.1, 0.15) is 11.5 Å². The first kappa shape index (κ1) is 22.6. The number of ether oxygens (including phenoxy) is 2. The van der Waals surface area contributed by atoms with Crippen LogP contribution in [-0.4, -0.2) is 30.6 Å². The molecule has 2 rings (SSSR count). The van der Waals surface area contributed by atoms with Crippen LogP contribution in [-0.2, 0) is 0 Å². The van der Waals surface area contributed by atoms with Gasteiger partial charge in [0.25, 0.3) is 11.8 Å². The van der Waals surface area contributed by atoms with Crippen LogP contribution < -0.4 is 25.6 Å². The normalized spacial score (nSPS) is 10.0. The number of unbranched alkanes of at least 4 members (excludes halogenated alkanes) is 1. The van der Waals surface area contributed by atoms with Crippen LogP contribution in [0.15, 0.2) is 46.9 Å². The Labute approximate surface area is 183 Å². The Morgan fingerprint density at radius 2 is 1.83 bits per heavy atom. The van der Waals surface area contributed by atoms with Gasteiger partial charge in [0, 0.05) is 5.56 Å². The van der Waals surface area contributed by atoms with Gasteiger partial charge in [0.05, 0.1) is 23.8 Å². The van der Waals surface area contributed by atoms with Gasteiger partial charge in [-0.15, -0.1) is 0 Å². The zero-order valence-electron chi connectivity index (χ0n) is 16.1. The average Bonchev–Trinajstić information content (AvgIpc) is 2.73. The molecular formula is C20H22BrN3O4S. The molecule has 0 atom stereocenters. The minimum atomic E-state index is -0.449. The van der Waals surface area contributed by atoms with Crippen molar-refractivity contribution in [3.8, 4) is 11.5 Å². The van der Waals surface area contributed by atoms with Gasteiger partial charge >= 0.3 is 0 Å². The van der Waals surface area contributed by atoms with E-state index in [1.807, 2.05) is 0 Å². The molecule has 3 N–H and O–H groups in total. The fourth-order valence-corrected chi connectivity index (χ4v) is 2.94. The quantitative estimate of drug-likeness (QED) is 0.319. The molecule has 2 amide bonds. The van der Waals surface area contributed by atoms with Crippen molar-refractivity contribution in [2.75, 3.05) is 13.7 Å². The van der Waals surface area contributed by atoms with Crippen molar-refractivity contribution in [2.24, 2.45) is 0 Å². The number of thiocarbonyl (C=S) groups is 1. The number of hydrogen-bond acceptors (Lipinski definition) is 5. The lowest BCUT2D eigenvalue weighted by Gasteiger charge is -2.13. The second-order valence-electron chi connectivity index (χ2n) is 5.91. The predicted octanol–water partition coefficient (Wildman–Crippen LogP) is 3.59. The highest BCUT2D eigenvalue weighted by Gasteiger charge is 2.14. The minimum absolute atomic E-state index is 0.0438. The molecule has 0 saturated heterocycles. The molecule has 0 heterocycles. The summed E-state index contributed by atoms with van der Waals surface area (Å²) in [7, 11) is 1.47. The molecule has 29 heavy (non-hydrogen) atoms. The largest absolute Gasteiger partial charge is 0.496 e. The molecule has 9 heteroatoms. The molecule has 0 unspecified atom stereocenters. The Kier molecular flexibility index (Phi) is 8.88. The Hall–Kier alpha value is -2.65. The first-order valence-electron chi connectivity index (χ1n) is 8.93. The Morgan fingerprint density at radius 3 is 2.52 bits per heavy atom. The van der Waals surface area contributed by atoms with E-state index in [0.717, 1.165) is 12.8 Å². The highest BCUT2D eigenvalue weighted by molar-refractivity contribution is 9.10. The summed E-state index contributed by atoms with van der Waals surface area (Å²) >= 11 is 8.46. The number of nitrogens with one attached hydrogen (secondary N) is 3. The molecule has 0 saturated carbocycles. The number of para-hydroxylation sites is 1. The van der Waals surface area contributed by atoms with E-state index in [0.29, 0.717) is 33.7 Å². The fourth-order valence-electron chi connectivity index (χ4n) is 2.31. The van der Waals surface area contributed by atoms with Crippen LogP contribution in [0.3, 0.4) is 0 Å². The third-order valence-corrected chi connectivity index (χ3v) is 4.64. The molecule has 2 aromatic rings. The smallest absolute Gasteiger partial charge is 0.273 e. The van der Waals surface area contributed by atoms with E-state index in [9.17, 15) is 9.59 Å². The molecule has 0 aromatic heterocycles. The lowest BCUT2D eigenvalue weighted by atomic mass is 10.2.